The summed E-state index contributed by atoms with van der Waals surface area (Å²) < 4.78 is 1.79. The summed E-state index contributed by atoms with van der Waals surface area (Å²) in [6.07, 6.45) is 10.7. The molecule has 1 aliphatic rings. The Labute approximate surface area is 125 Å². The zero-order chi connectivity index (χ0) is 15.6. The molecule has 0 bridgehead atoms. The van der Waals surface area contributed by atoms with Gasteiger partial charge < -0.3 is 5.73 Å². The summed E-state index contributed by atoms with van der Waals surface area (Å²) in [4.78, 5) is 0. The Kier molecular flexibility index (Phi) is 4.33. The third-order valence-electron chi connectivity index (χ3n) is 3.74. The van der Waals surface area contributed by atoms with Gasteiger partial charge in [-0.15, -0.1) is 0 Å². The second kappa shape index (κ2) is 6.01. The Morgan fingerprint density at radius 1 is 1.33 bits per heavy atom. The lowest BCUT2D eigenvalue weighted by Gasteiger charge is -2.19. The van der Waals surface area contributed by atoms with Crippen LogP contribution in [0.4, 0.5) is 0 Å². The molecule has 0 unspecified atom stereocenters. The summed E-state index contributed by atoms with van der Waals surface area (Å²) in [5.74, 6) is 6.17. The van der Waals surface area contributed by atoms with Crippen molar-refractivity contribution in [3.63, 3.8) is 0 Å². The first kappa shape index (κ1) is 15.1. The van der Waals surface area contributed by atoms with Crippen LogP contribution >= 0.6 is 0 Å². The third kappa shape index (κ3) is 3.25. The van der Waals surface area contributed by atoms with Crippen molar-refractivity contribution < 1.29 is 0 Å². The van der Waals surface area contributed by atoms with Crippen LogP contribution in [0.3, 0.4) is 0 Å². The van der Waals surface area contributed by atoms with Gasteiger partial charge in [-0.2, -0.15) is 5.10 Å². The van der Waals surface area contributed by atoms with Gasteiger partial charge in [0.15, 0.2) is 0 Å². The molecular formula is C16H23N5. The second-order valence-corrected chi connectivity index (χ2v) is 5.42. The van der Waals surface area contributed by atoms with Crippen LogP contribution in [-0.4, -0.2) is 14.8 Å². The molecule has 1 aromatic heterocycles. The van der Waals surface area contributed by atoms with Crippen LogP contribution in [-0.2, 0) is 7.05 Å². The highest BCUT2D eigenvalue weighted by Crippen LogP contribution is 2.21. The summed E-state index contributed by atoms with van der Waals surface area (Å²) >= 11 is 0. The van der Waals surface area contributed by atoms with E-state index < -0.39 is 0 Å². The van der Waals surface area contributed by atoms with Gasteiger partial charge in [0.05, 0.1) is 17.6 Å². The van der Waals surface area contributed by atoms with Crippen molar-refractivity contribution in [1.82, 2.24) is 14.8 Å². The monoisotopic (exact) mass is 285 g/mol. The van der Waals surface area contributed by atoms with E-state index in [1.807, 2.05) is 20.9 Å². The third-order valence-corrected chi connectivity index (χ3v) is 3.74. The minimum absolute atomic E-state index is 0.603. The molecule has 112 valence electrons. The van der Waals surface area contributed by atoms with Gasteiger partial charge in [0.2, 0.25) is 0 Å². The number of rotatable bonds is 3. The summed E-state index contributed by atoms with van der Waals surface area (Å²) in [6.45, 7) is 6.13. The van der Waals surface area contributed by atoms with E-state index in [2.05, 4.69) is 30.3 Å². The Balaban J connectivity index is 2.27. The summed E-state index contributed by atoms with van der Waals surface area (Å²) in [5.41, 5.74) is 12.1. The van der Waals surface area contributed by atoms with Gasteiger partial charge in [-0.1, -0.05) is 23.8 Å². The van der Waals surface area contributed by atoms with E-state index in [0.717, 1.165) is 28.9 Å². The van der Waals surface area contributed by atoms with E-state index in [9.17, 15) is 0 Å². The fourth-order valence-corrected chi connectivity index (χ4v) is 2.22. The van der Waals surface area contributed by atoms with Crippen LogP contribution in [0.1, 0.15) is 31.5 Å². The average molecular weight is 285 g/mol. The Morgan fingerprint density at radius 2 is 2.05 bits per heavy atom. The molecule has 1 heterocycles. The maximum Gasteiger partial charge on any atom is 0.0603 e. The smallest absolute Gasteiger partial charge is 0.0603 e. The van der Waals surface area contributed by atoms with Gasteiger partial charge in [-0.25, -0.2) is 5.84 Å². The van der Waals surface area contributed by atoms with Crippen LogP contribution in [0.15, 0.2) is 47.5 Å². The zero-order valence-corrected chi connectivity index (χ0v) is 13.1. The molecule has 0 atom stereocenters. The van der Waals surface area contributed by atoms with Gasteiger partial charge in [0, 0.05) is 24.5 Å². The molecule has 0 fully saturated rings. The van der Waals surface area contributed by atoms with E-state index in [1.54, 1.807) is 22.1 Å². The van der Waals surface area contributed by atoms with Gasteiger partial charge in [0.1, 0.15) is 0 Å². The highest BCUT2D eigenvalue weighted by atomic mass is 15.4. The first-order chi connectivity index (χ1) is 9.90. The van der Waals surface area contributed by atoms with E-state index in [0.29, 0.717) is 5.70 Å². The van der Waals surface area contributed by atoms with Crippen molar-refractivity contribution in [2.45, 2.75) is 27.2 Å². The first-order valence-electron chi connectivity index (χ1n) is 6.95. The number of nitrogens with zero attached hydrogens (tertiary/aromatic N) is 3. The highest BCUT2D eigenvalue weighted by molar-refractivity contribution is 5.63. The maximum atomic E-state index is 6.17. The molecule has 0 radical (unpaired) electrons. The van der Waals surface area contributed by atoms with E-state index in [1.165, 1.54) is 5.57 Å². The fraction of sp³-hybridized carbons (Fsp3) is 0.312. The van der Waals surface area contributed by atoms with Crippen LogP contribution in [0.25, 0.3) is 5.70 Å². The molecule has 0 amide bonds. The Morgan fingerprint density at radius 3 is 2.67 bits per heavy atom. The average Bonchev–Trinajstić information content (AvgIpc) is 2.66. The minimum atomic E-state index is 0.603. The molecule has 21 heavy (non-hydrogen) atoms. The molecule has 0 aromatic carbocycles. The minimum Gasteiger partial charge on any atom is -0.397 e. The number of allylic oxidation sites excluding steroid dienone is 5. The lowest BCUT2D eigenvalue weighted by Crippen LogP contribution is -2.26. The zero-order valence-electron chi connectivity index (χ0n) is 13.1. The largest absolute Gasteiger partial charge is 0.397 e. The van der Waals surface area contributed by atoms with Crippen LogP contribution in [0, 0.1) is 6.92 Å². The molecule has 4 N–H and O–H groups in total. The van der Waals surface area contributed by atoms with Crippen molar-refractivity contribution in [2.24, 2.45) is 18.6 Å². The molecule has 1 aliphatic carbocycles. The lowest BCUT2D eigenvalue weighted by atomic mass is 10.1. The summed E-state index contributed by atoms with van der Waals surface area (Å²) in [7, 11) is 1.89. The molecule has 2 rings (SSSR count). The molecule has 5 heteroatoms. The second-order valence-electron chi connectivity index (χ2n) is 5.42. The van der Waals surface area contributed by atoms with Crippen molar-refractivity contribution >= 4 is 5.70 Å². The maximum absolute atomic E-state index is 6.17. The van der Waals surface area contributed by atoms with Gasteiger partial charge in [-0.3, -0.25) is 9.69 Å². The topological polar surface area (TPSA) is 73.1 Å². The SMILES string of the molecule is CC1=CC=C(C)C(N(N)/C=C(\N)c2cnn(C)c2C)=CC1. The number of aromatic nitrogens is 2. The fourth-order valence-electron chi connectivity index (χ4n) is 2.22. The number of hydrogen-bond acceptors (Lipinski definition) is 4. The molecule has 5 nitrogen and oxygen atoms in total. The Hall–Kier alpha value is -2.27. The van der Waals surface area contributed by atoms with Crippen LogP contribution < -0.4 is 11.6 Å². The number of hydrazine groups is 1. The van der Waals surface area contributed by atoms with E-state index in [-0.39, 0.29) is 0 Å². The molecule has 1 aromatic rings. The molecule has 0 spiro atoms. The summed E-state index contributed by atoms with van der Waals surface area (Å²) in [6, 6.07) is 0. The molecular weight excluding hydrogens is 262 g/mol. The van der Waals surface area contributed by atoms with Gasteiger partial charge >= 0.3 is 0 Å². The normalized spacial score (nSPS) is 16.0. The highest BCUT2D eigenvalue weighted by Gasteiger charge is 2.11. The quantitative estimate of drug-likeness (QED) is 0.660. The van der Waals surface area contributed by atoms with Crippen molar-refractivity contribution in [1.29, 1.82) is 0 Å². The molecule has 0 saturated carbocycles. The van der Waals surface area contributed by atoms with Crippen molar-refractivity contribution in [2.75, 3.05) is 0 Å². The number of nitrogens with two attached hydrogens (primary N) is 2. The predicted octanol–water partition coefficient (Wildman–Crippen LogP) is 2.34. The van der Waals surface area contributed by atoms with Crippen LogP contribution in [0.2, 0.25) is 0 Å². The molecule has 0 saturated heterocycles. The van der Waals surface area contributed by atoms with E-state index in [4.69, 9.17) is 11.6 Å². The predicted molar refractivity (Wildman–Crippen MR) is 86.3 cm³/mol. The standard InChI is InChI=1S/C16H23N5/c1-11-5-7-12(2)16(8-6-11)21(18)10-15(17)14-9-19-20(4)13(14)3/h5,7-10H,6,17-18H2,1-4H3/b15-10-. The first-order valence-corrected chi connectivity index (χ1v) is 6.95. The van der Waals surface area contributed by atoms with Crippen molar-refractivity contribution in [3.05, 3.63) is 58.7 Å². The number of aryl methyl sites for hydroxylation is 1. The van der Waals surface area contributed by atoms with E-state index >= 15 is 0 Å². The molecule has 0 aliphatic heterocycles. The van der Waals surface area contributed by atoms with Crippen molar-refractivity contribution in [3.8, 4) is 0 Å². The summed E-state index contributed by atoms with van der Waals surface area (Å²) in [5, 5.41) is 5.78. The van der Waals surface area contributed by atoms with Gasteiger partial charge in [-0.05, 0) is 32.8 Å². The van der Waals surface area contributed by atoms with Crippen LogP contribution in [0.5, 0.6) is 0 Å². The lowest BCUT2D eigenvalue weighted by molar-refractivity contribution is 0.500. The van der Waals surface area contributed by atoms with Gasteiger partial charge in [0.25, 0.3) is 0 Å². The number of hydrogen-bond donors (Lipinski definition) is 2. The Bertz CT molecular complexity index is 658.